The maximum absolute atomic E-state index is 13.9. The Morgan fingerprint density at radius 2 is 1.49 bits per heavy atom. The summed E-state index contributed by atoms with van der Waals surface area (Å²) in [6.45, 7) is 4.26. The molecule has 208 valence electrons. The van der Waals surface area contributed by atoms with Crippen molar-refractivity contribution in [3.8, 4) is 23.0 Å². The molecule has 0 aliphatic carbocycles. The van der Waals surface area contributed by atoms with Gasteiger partial charge in [0.2, 0.25) is 0 Å². The minimum absolute atomic E-state index is 0.0238. The largest absolute Gasteiger partial charge is 0.497 e. The molecule has 0 atom stereocenters. The first-order valence-corrected chi connectivity index (χ1v) is 12.7. The van der Waals surface area contributed by atoms with Gasteiger partial charge in [0.05, 0.1) is 44.6 Å². The lowest BCUT2D eigenvalue weighted by Crippen LogP contribution is -2.31. The number of methoxy groups -OCH3 is 2. The molecule has 39 heavy (non-hydrogen) atoms. The quantitative estimate of drug-likeness (QED) is 0.235. The van der Waals surface area contributed by atoms with Crippen LogP contribution in [0.2, 0.25) is 5.02 Å². The number of hydrogen-bond acceptors (Lipinski definition) is 8. The molecule has 3 aromatic carbocycles. The van der Waals surface area contributed by atoms with Crippen LogP contribution >= 0.6 is 11.6 Å². The maximum Gasteiger partial charge on any atom is 0.338 e. The highest BCUT2D eigenvalue weighted by Gasteiger charge is 2.21. The van der Waals surface area contributed by atoms with Gasteiger partial charge >= 0.3 is 11.9 Å². The van der Waals surface area contributed by atoms with Crippen LogP contribution in [0.1, 0.15) is 35.3 Å². The number of nitrogens with zero attached hydrogens (tertiary/aromatic N) is 1. The first-order chi connectivity index (χ1) is 18.8. The van der Waals surface area contributed by atoms with Gasteiger partial charge in [-0.15, -0.1) is 0 Å². The van der Waals surface area contributed by atoms with E-state index in [0.717, 1.165) is 5.56 Å². The molecule has 3 aromatic rings. The molecular formula is C29H31ClFNO7. The lowest BCUT2D eigenvalue weighted by Gasteiger charge is -2.24. The van der Waals surface area contributed by atoms with E-state index in [1.807, 2.05) is 11.0 Å². The summed E-state index contributed by atoms with van der Waals surface area (Å²) in [6.07, 6.45) is 0. The van der Waals surface area contributed by atoms with E-state index >= 15 is 0 Å². The fraction of sp³-hybridized carbons (Fsp3) is 0.310. The molecule has 8 nitrogen and oxygen atoms in total. The van der Waals surface area contributed by atoms with Gasteiger partial charge in [-0.1, -0.05) is 17.7 Å². The van der Waals surface area contributed by atoms with Crippen molar-refractivity contribution < 1.29 is 37.7 Å². The molecule has 0 radical (unpaired) electrons. The minimum atomic E-state index is -0.619. The number of carbonyl (C=O) groups is 2. The zero-order valence-corrected chi connectivity index (χ0v) is 23.0. The summed E-state index contributed by atoms with van der Waals surface area (Å²) < 4.78 is 41.0. The van der Waals surface area contributed by atoms with Crippen LogP contribution in [0.25, 0.3) is 0 Å². The first-order valence-electron chi connectivity index (χ1n) is 12.3. The topological polar surface area (TPSA) is 83.5 Å². The number of carbonyl (C=O) groups excluding carboxylic acids is 2. The van der Waals surface area contributed by atoms with Gasteiger partial charge in [-0.05, 0) is 55.8 Å². The zero-order valence-electron chi connectivity index (χ0n) is 22.3. The molecule has 0 aliphatic rings. The van der Waals surface area contributed by atoms with Gasteiger partial charge in [0.1, 0.15) is 28.8 Å². The fourth-order valence-electron chi connectivity index (χ4n) is 3.87. The van der Waals surface area contributed by atoms with Crippen LogP contribution < -0.4 is 14.2 Å². The van der Waals surface area contributed by atoms with Crippen molar-refractivity contribution in [3.63, 3.8) is 0 Å². The molecule has 0 N–H and O–H groups in total. The predicted octanol–water partition coefficient (Wildman–Crippen LogP) is 6.03. The van der Waals surface area contributed by atoms with Crippen LogP contribution in [0.15, 0.2) is 54.6 Å². The van der Waals surface area contributed by atoms with E-state index < -0.39 is 17.8 Å². The predicted molar refractivity (Wildman–Crippen MR) is 144 cm³/mol. The molecule has 0 aromatic heterocycles. The fourth-order valence-corrected chi connectivity index (χ4v) is 3.99. The Bertz CT molecular complexity index is 1300. The summed E-state index contributed by atoms with van der Waals surface area (Å²) in [7, 11) is 3.11. The second kappa shape index (κ2) is 14.4. The van der Waals surface area contributed by atoms with Crippen molar-refractivity contribution in [2.45, 2.75) is 26.9 Å². The van der Waals surface area contributed by atoms with Crippen molar-refractivity contribution in [2.24, 2.45) is 0 Å². The number of rotatable bonds is 13. The summed E-state index contributed by atoms with van der Waals surface area (Å²) in [4.78, 5) is 27.1. The zero-order chi connectivity index (χ0) is 28.4. The number of ether oxygens (including phenoxy) is 5. The van der Waals surface area contributed by atoms with Crippen LogP contribution in [0, 0.1) is 5.82 Å². The second-order valence-corrected chi connectivity index (χ2v) is 8.75. The van der Waals surface area contributed by atoms with Crippen molar-refractivity contribution in [3.05, 3.63) is 82.1 Å². The third kappa shape index (κ3) is 8.33. The van der Waals surface area contributed by atoms with Crippen molar-refractivity contribution >= 4 is 23.5 Å². The van der Waals surface area contributed by atoms with E-state index in [0.29, 0.717) is 34.9 Å². The summed E-state index contributed by atoms with van der Waals surface area (Å²) in [5.74, 6) is 0.236. The smallest absolute Gasteiger partial charge is 0.338 e. The van der Waals surface area contributed by atoms with E-state index in [2.05, 4.69) is 0 Å². The minimum Gasteiger partial charge on any atom is -0.497 e. The van der Waals surface area contributed by atoms with Gasteiger partial charge in [0.25, 0.3) is 0 Å². The van der Waals surface area contributed by atoms with E-state index in [1.165, 1.54) is 18.2 Å². The Kier molecular flexibility index (Phi) is 11.0. The van der Waals surface area contributed by atoms with Gasteiger partial charge in [0, 0.05) is 30.8 Å². The molecule has 0 amide bonds. The normalized spacial score (nSPS) is 10.7. The Labute approximate surface area is 232 Å². The third-order valence-corrected chi connectivity index (χ3v) is 5.95. The highest BCUT2D eigenvalue weighted by molar-refractivity contribution is 6.30. The number of esters is 2. The molecule has 0 heterocycles. The molecule has 0 bridgehead atoms. The summed E-state index contributed by atoms with van der Waals surface area (Å²) >= 11 is 5.78. The number of hydrogen-bond donors (Lipinski definition) is 0. The molecule has 10 heteroatoms. The summed E-state index contributed by atoms with van der Waals surface area (Å²) in [5.41, 5.74) is 1.64. The monoisotopic (exact) mass is 559 g/mol. The molecule has 0 spiro atoms. The Hall–Kier alpha value is -3.82. The van der Waals surface area contributed by atoms with Crippen molar-refractivity contribution in [1.29, 1.82) is 0 Å². The van der Waals surface area contributed by atoms with E-state index in [-0.39, 0.29) is 37.1 Å². The van der Waals surface area contributed by atoms with Crippen LogP contribution in [0.3, 0.4) is 0 Å². The average molecular weight is 560 g/mol. The molecular weight excluding hydrogens is 529 g/mol. The van der Waals surface area contributed by atoms with Crippen molar-refractivity contribution in [1.82, 2.24) is 4.90 Å². The van der Waals surface area contributed by atoms with Crippen LogP contribution in [0.5, 0.6) is 23.0 Å². The second-order valence-electron chi connectivity index (χ2n) is 8.35. The number of benzene rings is 3. The standard InChI is InChI=1S/C29H31ClFNO7/c1-5-37-28(33)18-32(16-19-7-8-21(35-3)15-27(19)36-4)17-20-13-22(9-11-24(20)29(34)38-6-2)39-23-10-12-25(30)26(31)14-23/h7-15H,5-6,16-18H2,1-4H3. The van der Waals surface area contributed by atoms with Crippen LogP contribution in [0.4, 0.5) is 4.39 Å². The van der Waals surface area contributed by atoms with E-state index in [1.54, 1.807) is 58.4 Å². The SMILES string of the molecule is CCOC(=O)CN(Cc1ccc(OC)cc1OC)Cc1cc(Oc2ccc(Cl)c(F)c2)ccc1C(=O)OCC. The highest BCUT2D eigenvalue weighted by Crippen LogP contribution is 2.30. The molecule has 0 saturated heterocycles. The lowest BCUT2D eigenvalue weighted by molar-refractivity contribution is -0.144. The lowest BCUT2D eigenvalue weighted by atomic mass is 10.1. The molecule has 0 fully saturated rings. The maximum atomic E-state index is 13.9. The number of halogens is 2. The van der Waals surface area contributed by atoms with Gasteiger partial charge < -0.3 is 23.7 Å². The van der Waals surface area contributed by atoms with Crippen LogP contribution in [-0.2, 0) is 27.4 Å². The molecule has 0 saturated carbocycles. The summed E-state index contributed by atoms with van der Waals surface area (Å²) in [6, 6.07) is 14.3. The molecule has 0 unspecified atom stereocenters. The van der Waals surface area contributed by atoms with Gasteiger partial charge in [-0.2, -0.15) is 0 Å². The van der Waals surface area contributed by atoms with E-state index in [9.17, 15) is 14.0 Å². The van der Waals surface area contributed by atoms with Crippen molar-refractivity contribution in [2.75, 3.05) is 34.0 Å². The average Bonchev–Trinajstić information content (AvgIpc) is 2.91. The highest BCUT2D eigenvalue weighted by atomic mass is 35.5. The Morgan fingerprint density at radius 1 is 0.821 bits per heavy atom. The summed E-state index contributed by atoms with van der Waals surface area (Å²) in [5, 5.41) is -0.0238. The Balaban J connectivity index is 1.98. The van der Waals surface area contributed by atoms with E-state index in [4.69, 9.17) is 35.3 Å². The third-order valence-electron chi connectivity index (χ3n) is 5.64. The molecule has 0 aliphatic heterocycles. The molecule has 3 rings (SSSR count). The van der Waals surface area contributed by atoms with Gasteiger partial charge in [-0.25, -0.2) is 9.18 Å². The van der Waals surface area contributed by atoms with Gasteiger partial charge in [-0.3, -0.25) is 9.69 Å². The first kappa shape index (κ1) is 29.7. The van der Waals surface area contributed by atoms with Gasteiger partial charge in [0.15, 0.2) is 0 Å². The van der Waals surface area contributed by atoms with Crippen LogP contribution in [-0.4, -0.2) is 50.8 Å². The Morgan fingerprint density at radius 3 is 2.15 bits per heavy atom.